The number of rotatable bonds is 13. The highest BCUT2D eigenvalue weighted by atomic mass is 19.1. The van der Waals surface area contributed by atoms with Crippen LogP contribution in [0.5, 0.6) is 0 Å². The number of carbonyl (C=O) groups is 2. The highest BCUT2D eigenvalue weighted by Gasteiger charge is 2.29. The van der Waals surface area contributed by atoms with Crippen LogP contribution < -0.4 is 0 Å². The summed E-state index contributed by atoms with van der Waals surface area (Å²) in [6, 6.07) is 20.4. The molecule has 0 unspecified atom stereocenters. The second kappa shape index (κ2) is 13.9. The Bertz CT molecular complexity index is 1160. The Morgan fingerprint density at radius 1 is 0.921 bits per heavy atom. The molecule has 3 aromatic rings. The van der Waals surface area contributed by atoms with E-state index in [1.165, 1.54) is 12.1 Å². The molecule has 2 amide bonds. The molecule has 38 heavy (non-hydrogen) atoms. The van der Waals surface area contributed by atoms with Crippen molar-refractivity contribution in [2.24, 2.45) is 5.92 Å². The van der Waals surface area contributed by atoms with Crippen LogP contribution in [-0.4, -0.2) is 53.0 Å². The molecule has 1 fully saturated rings. The Labute approximate surface area is 225 Å². The number of carbonyl (C=O) groups excluding carboxylic acids is 2. The van der Waals surface area contributed by atoms with Crippen molar-refractivity contribution in [3.8, 4) is 0 Å². The van der Waals surface area contributed by atoms with Crippen molar-refractivity contribution in [1.29, 1.82) is 0 Å². The first-order valence-corrected chi connectivity index (χ1v) is 13.5. The van der Waals surface area contributed by atoms with E-state index in [-0.39, 0.29) is 30.1 Å². The molecular formula is C31H38FN3O3. The van der Waals surface area contributed by atoms with Crippen LogP contribution in [0.15, 0.2) is 72.9 Å². The number of aromatic nitrogens is 1. The summed E-state index contributed by atoms with van der Waals surface area (Å²) in [5.74, 6) is -0.234. The van der Waals surface area contributed by atoms with Crippen LogP contribution in [0.4, 0.5) is 4.39 Å². The average Bonchev–Trinajstić information content (AvgIpc) is 3.62. The largest absolute Gasteiger partial charge is 0.385 e. The molecule has 6 nitrogen and oxygen atoms in total. The van der Waals surface area contributed by atoms with Crippen molar-refractivity contribution in [3.05, 3.63) is 95.6 Å². The zero-order chi connectivity index (χ0) is 26.7. The van der Waals surface area contributed by atoms with E-state index < -0.39 is 0 Å². The summed E-state index contributed by atoms with van der Waals surface area (Å²) in [6.45, 7) is 2.56. The molecule has 7 heteroatoms. The van der Waals surface area contributed by atoms with Gasteiger partial charge in [-0.05, 0) is 54.7 Å². The average molecular weight is 520 g/mol. The van der Waals surface area contributed by atoms with E-state index in [9.17, 15) is 14.0 Å². The standard InChI is InChI=1S/C31H38FN3O3/c1-38-20-8-19-34(31(37)27-11-5-6-12-27)24-30(36)35(22-25-9-3-2-4-10-25)23-29-13-7-18-33(29)21-26-14-16-28(32)17-15-26/h2-4,7,9-10,13-18,27H,5-6,8,11-12,19-24H2,1H3. The Kier molecular flexibility index (Phi) is 10.1. The third-order valence-electron chi connectivity index (χ3n) is 7.23. The smallest absolute Gasteiger partial charge is 0.242 e. The van der Waals surface area contributed by atoms with Crippen LogP contribution in [0.2, 0.25) is 0 Å². The molecule has 0 spiro atoms. The predicted molar refractivity (Wildman–Crippen MR) is 146 cm³/mol. The Hall–Kier alpha value is -3.45. The highest BCUT2D eigenvalue weighted by molar-refractivity contribution is 5.86. The maximum Gasteiger partial charge on any atom is 0.242 e. The predicted octanol–water partition coefficient (Wildman–Crippen LogP) is 5.26. The number of ether oxygens (including phenoxy) is 1. The fourth-order valence-electron chi connectivity index (χ4n) is 5.13. The van der Waals surface area contributed by atoms with E-state index in [1.54, 1.807) is 24.1 Å². The number of amides is 2. The van der Waals surface area contributed by atoms with Gasteiger partial charge >= 0.3 is 0 Å². The van der Waals surface area contributed by atoms with Gasteiger partial charge in [0.25, 0.3) is 0 Å². The van der Waals surface area contributed by atoms with Gasteiger partial charge in [0.05, 0.1) is 13.1 Å². The quantitative estimate of drug-likeness (QED) is 0.290. The third-order valence-corrected chi connectivity index (χ3v) is 7.23. The van der Waals surface area contributed by atoms with Gasteiger partial charge < -0.3 is 19.1 Å². The Morgan fingerprint density at radius 3 is 2.37 bits per heavy atom. The first-order chi connectivity index (χ1) is 18.5. The first-order valence-electron chi connectivity index (χ1n) is 13.5. The molecule has 0 aliphatic heterocycles. The zero-order valence-corrected chi connectivity index (χ0v) is 22.2. The lowest BCUT2D eigenvalue weighted by atomic mass is 10.1. The van der Waals surface area contributed by atoms with Gasteiger partial charge in [0, 0.05) is 51.2 Å². The monoisotopic (exact) mass is 519 g/mol. The number of halogens is 1. The van der Waals surface area contributed by atoms with Crippen molar-refractivity contribution in [2.45, 2.75) is 51.7 Å². The maximum absolute atomic E-state index is 13.8. The van der Waals surface area contributed by atoms with Gasteiger partial charge in [-0.2, -0.15) is 0 Å². The maximum atomic E-state index is 13.8. The van der Waals surface area contributed by atoms with Crippen molar-refractivity contribution in [3.63, 3.8) is 0 Å². The summed E-state index contributed by atoms with van der Waals surface area (Å²) >= 11 is 0. The lowest BCUT2D eigenvalue weighted by Gasteiger charge is -2.30. The zero-order valence-electron chi connectivity index (χ0n) is 22.2. The molecule has 1 heterocycles. The molecule has 1 aromatic heterocycles. The van der Waals surface area contributed by atoms with Crippen LogP contribution in [0.3, 0.4) is 0 Å². The van der Waals surface area contributed by atoms with Gasteiger partial charge in [0.1, 0.15) is 5.82 Å². The molecule has 4 rings (SSSR count). The van der Waals surface area contributed by atoms with Gasteiger partial charge in [-0.25, -0.2) is 4.39 Å². The van der Waals surface area contributed by atoms with Crippen LogP contribution in [0, 0.1) is 11.7 Å². The minimum Gasteiger partial charge on any atom is -0.385 e. The number of methoxy groups -OCH3 is 1. The molecule has 0 atom stereocenters. The minimum absolute atomic E-state index is 0.0147. The normalized spacial score (nSPS) is 13.5. The molecule has 0 N–H and O–H groups in total. The Balaban J connectivity index is 1.52. The number of nitrogens with zero attached hydrogens (tertiary/aromatic N) is 3. The highest BCUT2D eigenvalue weighted by Crippen LogP contribution is 2.27. The summed E-state index contributed by atoms with van der Waals surface area (Å²) in [5, 5.41) is 0. The molecule has 0 bridgehead atoms. The topological polar surface area (TPSA) is 54.8 Å². The molecule has 2 aromatic carbocycles. The van der Waals surface area contributed by atoms with Crippen molar-refractivity contribution >= 4 is 11.8 Å². The van der Waals surface area contributed by atoms with Gasteiger partial charge in [-0.1, -0.05) is 55.3 Å². The molecule has 1 aliphatic carbocycles. The van der Waals surface area contributed by atoms with Crippen molar-refractivity contribution < 1.29 is 18.7 Å². The summed E-state index contributed by atoms with van der Waals surface area (Å²) in [5.41, 5.74) is 2.99. The molecule has 0 radical (unpaired) electrons. The fourth-order valence-corrected chi connectivity index (χ4v) is 5.13. The molecule has 1 saturated carbocycles. The SMILES string of the molecule is COCCCN(CC(=O)N(Cc1ccccc1)Cc1cccn1Cc1ccc(F)cc1)C(=O)C1CCCC1. The molecule has 1 aliphatic rings. The van der Waals surface area contributed by atoms with Gasteiger partial charge in [-0.15, -0.1) is 0 Å². The third kappa shape index (κ3) is 7.78. The number of benzene rings is 2. The van der Waals surface area contributed by atoms with Crippen LogP contribution in [-0.2, 0) is 34.0 Å². The lowest BCUT2D eigenvalue weighted by Crippen LogP contribution is -2.45. The molecular weight excluding hydrogens is 481 g/mol. The van der Waals surface area contributed by atoms with E-state index in [1.807, 2.05) is 53.6 Å². The molecule has 202 valence electrons. The minimum atomic E-state index is -0.261. The second-order valence-electron chi connectivity index (χ2n) is 10.1. The summed E-state index contributed by atoms with van der Waals surface area (Å²) in [7, 11) is 1.65. The van der Waals surface area contributed by atoms with E-state index >= 15 is 0 Å². The number of hydrogen-bond acceptors (Lipinski definition) is 3. The second-order valence-corrected chi connectivity index (χ2v) is 10.1. The molecule has 0 saturated heterocycles. The van der Waals surface area contributed by atoms with Crippen LogP contribution in [0.25, 0.3) is 0 Å². The lowest BCUT2D eigenvalue weighted by molar-refractivity contribution is -0.143. The van der Waals surface area contributed by atoms with E-state index in [2.05, 4.69) is 4.57 Å². The van der Waals surface area contributed by atoms with E-state index in [4.69, 9.17) is 4.74 Å². The summed E-state index contributed by atoms with van der Waals surface area (Å²) in [6.07, 6.45) is 6.62. The van der Waals surface area contributed by atoms with Crippen LogP contribution in [0.1, 0.15) is 48.9 Å². The van der Waals surface area contributed by atoms with Crippen LogP contribution >= 0.6 is 0 Å². The van der Waals surface area contributed by atoms with Gasteiger partial charge in [-0.3, -0.25) is 9.59 Å². The van der Waals surface area contributed by atoms with E-state index in [0.717, 1.165) is 42.5 Å². The first kappa shape index (κ1) is 27.6. The van der Waals surface area contributed by atoms with Gasteiger partial charge in [0.2, 0.25) is 11.8 Å². The van der Waals surface area contributed by atoms with Gasteiger partial charge in [0.15, 0.2) is 0 Å². The summed E-state index contributed by atoms with van der Waals surface area (Å²) in [4.78, 5) is 30.7. The van der Waals surface area contributed by atoms with E-state index in [0.29, 0.717) is 39.2 Å². The van der Waals surface area contributed by atoms with Crippen molar-refractivity contribution in [2.75, 3.05) is 26.8 Å². The summed E-state index contributed by atoms with van der Waals surface area (Å²) < 4.78 is 20.7. The Morgan fingerprint density at radius 2 is 1.66 bits per heavy atom. The fraction of sp³-hybridized carbons (Fsp3) is 0.419. The number of hydrogen-bond donors (Lipinski definition) is 0. The van der Waals surface area contributed by atoms with Crippen molar-refractivity contribution in [1.82, 2.24) is 14.4 Å².